The highest BCUT2D eigenvalue weighted by molar-refractivity contribution is 5.98. The average molecular weight is 652 g/mol. The Bertz CT molecular complexity index is 1760. The minimum absolute atomic E-state index is 0.0371. The molecule has 1 saturated heterocycles. The number of alkyl halides is 6. The van der Waals surface area contributed by atoms with Gasteiger partial charge in [0.1, 0.15) is 11.5 Å². The highest BCUT2D eigenvalue weighted by Crippen LogP contribution is 2.43. The summed E-state index contributed by atoms with van der Waals surface area (Å²) in [6.45, 7) is 6.30. The number of nitrogens with zero attached hydrogens (tertiary/aromatic N) is 6. The Balaban J connectivity index is 1.36. The zero-order valence-electron chi connectivity index (χ0n) is 25.3. The van der Waals surface area contributed by atoms with Gasteiger partial charge >= 0.3 is 12.4 Å². The van der Waals surface area contributed by atoms with Crippen LogP contribution in [0.3, 0.4) is 0 Å². The van der Waals surface area contributed by atoms with Crippen LogP contribution >= 0.6 is 0 Å². The Morgan fingerprint density at radius 1 is 1.09 bits per heavy atom. The van der Waals surface area contributed by atoms with Gasteiger partial charge in [0.05, 0.1) is 17.9 Å². The van der Waals surface area contributed by atoms with Gasteiger partial charge in [-0.1, -0.05) is 26.0 Å². The molecule has 2 aliphatic heterocycles. The number of piperazine rings is 1. The number of halogens is 7. The molecule has 0 saturated carbocycles. The molecule has 5 heterocycles. The average Bonchev–Trinajstić information content (AvgIpc) is 3.67. The van der Waals surface area contributed by atoms with Crippen molar-refractivity contribution in [1.29, 1.82) is 0 Å². The molecule has 2 atom stereocenters. The molecule has 3 aromatic heterocycles. The molecule has 246 valence electrons. The van der Waals surface area contributed by atoms with Crippen molar-refractivity contribution < 1.29 is 35.5 Å². The standard InChI is InChI=1S/C31H32F7N7O/c1-18-13-43(22(12-40-18)14-42-9-8-39-28(42)31(36,37)38)16-25(46)45-17-29(2,3)26-23(45)11-20(10-19-4-6-21(32)7-5-19)27-41-24(15-44(26)27)30(33,34)35/h4-9,11,15,18,22,40H,10,12-14,16-17H2,1-3H3/t18-,22+/m1/s1. The SMILES string of the molecule is C[C@@H]1CN(CC(=O)N2CC(C)(C)c3c2cc(Cc2ccc(F)cc2)c2nc(C(F)(F)F)cn32)[C@H](Cn2ccnc2C(F)(F)F)CN1. The van der Waals surface area contributed by atoms with Gasteiger partial charge in [-0.2, -0.15) is 26.3 Å². The number of nitrogens with one attached hydrogen (secondary N) is 1. The Kier molecular flexibility index (Phi) is 7.90. The van der Waals surface area contributed by atoms with E-state index in [1.54, 1.807) is 6.07 Å². The maximum Gasteiger partial charge on any atom is 0.449 e. The van der Waals surface area contributed by atoms with Crippen molar-refractivity contribution in [2.24, 2.45) is 0 Å². The number of pyridine rings is 1. The third-order valence-corrected chi connectivity index (χ3v) is 8.61. The van der Waals surface area contributed by atoms with Crippen molar-refractivity contribution in [3.63, 3.8) is 0 Å². The molecule has 46 heavy (non-hydrogen) atoms. The van der Waals surface area contributed by atoms with E-state index in [2.05, 4.69) is 15.3 Å². The number of imidazole rings is 2. The summed E-state index contributed by atoms with van der Waals surface area (Å²) < 4.78 is 98.2. The van der Waals surface area contributed by atoms with E-state index < -0.39 is 41.1 Å². The third-order valence-electron chi connectivity index (χ3n) is 8.61. The van der Waals surface area contributed by atoms with Gasteiger partial charge in [0.25, 0.3) is 0 Å². The normalized spacial score (nSPS) is 20.4. The molecule has 8 nitrogen and oxygen atoms in total. The lowest BCUT2D eigenvalue weighted by Crippen LogP contribution is -2.59. The summed E-state index contributed by atoms with van der Waals surface area (Å²) in [6, 6.07) is 6.77. The highest BCUT2D eigenvalue weighted by Gasteiger charge is 2.44. The fourth-order valence-corrected chi connectivity index (χ4v) is 6.55. The van der Waals surface area contributed by atoms with E-state index in [9.17, 15) is 35.5 Å². The quantitative estimate of drug-likeness (QED) is 0.288. The first-order valence-corrected chi connectivity index (χ1v) is 14.7. The van der Waals surface area contributed by atoms with Crippen molar-refractivity contribution in [1.82, 2.24) is 29.2 Å². The molecule has 0 radical (unpaired) electrons. The number of hydrogen-bond acceptors (Lipinski definition) is 5. The van der Waals surface area contributed by atoms with E-state index >= 15 is 0 Å². The number of rotatable bonds is 6. The topological polar surface area (TPSA) is 70.7 Å². The van der Waals surface area contributed by atoms with Crippen molar-refractivity contribution in [3.8, 4) is 0 Å². The molecule has 2 aliphatic rings. The van der Waals surface area contributed by atoms with Crippen LogP contribution in [-0.2, 0) is 35.5 Å². The molecule has 1 amide bonds. The van der Waals surface area contributed by atoms with E-state index in [0.29, 0.717) is 35.6 Å². The van der Waals surface area contributed by atoms with Gasteiger partial charge in [-0.05, 0) is 30.7 Å². The number of carbonyl (C=O) groups is 1. The number of hydrogen-bond donors (Lipinski definition) is 1. The molecule has 0 unspecified atom stereocenters. The van der Waals surface area contributed by atoms with E-state index in [1.165, 1.54) is 39.8 Å². The lowest BCUT2D eigenvalue weighted by Gasteiger charge is -2.40. The predicted octanol–water partition coefficient (Wildman–Crippen LogP) is 5.29. The van der Waals surface area contributed by atoms with Crippen LogP contribution in [0, 0.1) is 5.82 Å². The number of amides is 1. The van der Waals surface area contributed by atoms with Gasteiger partial charge in [0.15, 0.2) is 5.69 Å². The van der Waals surface area contributed by atoms with Crippen LogP contribution in [0.1, 0.15) is 49.1 Å². The van der Waals surface area contributed by atoms with Crippen LogP contribution < -0.4 is 10.2 Å². The Labute approximate surface area is 259 Å². The number of aromatic nitrogens is 4. The molecule has 0 aliphatic carbocycles. The van der Waals surface area contributed by atoms with Crippen molar-refractivity contribution in [3.05, 3.63) is 83.1 Å². The van der Waals surface area contributed by atoms with Gasteiger partial charge in [-0.15, -0.1) is 0 Å². The second kappa shape index (κ2) is 11.4. The maximum absolute atomic E-state index is 14.1. The molecule has 0 spiro atoms. The summed E-state index contributed by atoms with van der Waals surface area (Å²) in [4.78, 5) is 24.9. The summed E-state index contributed by atoms with van der Waals surface area (Å²) in [5, 5.41) is 3.27. The Morgan fingerprint density at radius 3 is 2.48 bits per heavy atom. The van der Waals surface area contributed by atoms with Crippen molar-refractivity contribution >= 4 is 17.2 Å². The Hall–Kier alpha value is -3.98. The Morgan fingerprint density at radius 2 is 1.80 bits per heavy atom. The highest BCUT2D eigenvalue weighted by atomic mass is 19.4. The van der Waals surface area contributed by atoms with Crippen LogP contribution in [0.2, 0.25) is 0 Å². The number of fused-ring (bicyclic) bond motifs is 3. The van der Waals surface area contributed by atoms with Gasteiger partial charge in [0.2, 0.25) is 11.7 Å². The maximum atomic E-state index is 14.1. The van der Waals surface area contributed by atoms with E-state index in [-0.39, 0.29) is 43.7 Å². The molecule has 1 aromatic carbocycles. The van der Waals surface area contributed by atoms with Crippen molar-refractivity contribution in [2.75, 3.05) is 31.1 Å². The molecule has 1 fully saturated rings. The lowest BCUT2D eigenvalue weighted by molar-refractivity contribution is -0.147. The third kappa shape index (κ3) is 6.09. The first kappa shape index (κ1) is 32.0. The molecule has 1 N–H and O–H groups in total. The van der Waals surface area contributed by atoms with Crippen LogP contribution in [0.15, 0.2) is 48.9 Å². The minimum Gasteiger partial charge on any atom is -0.326 e. The number of benzene rings is 1. The van der Waals surface area contributed by atoms with E-state index in [1.807, 2.05) is 25.7 Å². The van der Waals surface area contributed by atoms with Gasteiger partial charge in [-0.3, -0.25) is 9.69 Å². The first-order chi connectivity index (χ1) is 21.5. The van der Waals surface area contributed by atoms with E-state index in [0.717, 1.165) is 17.0 Å². The van der Waals surface area contributed by atoms with E-state index in [4.69, 9.17) is 0 Å². The largest absolute Gasteiger partial charge is 0.449 e. The lowest BCUT2D eigenvalue weighted by atomic mass is 9.90. The fourth-order valence-electron chi connectivity index (χ4n) is 6.55. The molecule has 6 rings (SSSR count). The first-order valence-electron chi connectivity index (χ1n) is 14.7. The van der Waals surface area contributed by atoms with Gasteiger partial charge in [-0.25, -0.2) is 14.4 Å². The van der Waals surface area contributed by atoms with Crippen LogP contribution in [0.5, 0.6) is 0 Å². The molecular formula is C31H32F7N7O. The zero-order chi connectivity index (χ0) is 33.2. The van der Waals surface area contributed by atoms with Gasteiger partial charge < -0.3 is 19.2 Å². The summed E-state index contributed by atoms with van der Waals surface area (Å²) in [5.74, 6) is -1.82. The summed E-state index contributed by atoms with van der Waals surface area (Å²) in [5.41, 5.74) is 0.233. The second-order valence-corrected chi connectivity index (χ2v) is 12.7. The second-order valence-electron chi connectivity index (χ2n) is 12.7. The molecular weight excluding hydrogens is 619 g/mol. The van der Waals surface area contributed by atoms with Crippen LogP contribution in [-0.4, -0.2) is 68.0 Å². The summed E-state index contributed by atoms with van der Waals surface area (Å²) in [6.07, 6.45) is -5.92. The summed E-state index contributed by atoms with van der Waals surface area (Å²) >= 11 is 0. The molecule has 15 heteroatoms. The molecule has 0 bridgehead atoms. The smallest absolute Gasteiger partial charge is 0.326 e. The predicted molar refractivity (Wildman–Crippen MR) is 155 cm³/mol. The van der Waals surface area contributed by atoms with Crippen molar-refractivity contribution in [2.45, 2.75) is 63.6 Å². The summed E-state index contributed by atoms with van der Waals surface area (Å²) in [7, 11) is 0. The monoisotopic (exact) mass is 651 g/mol. The number of carbonyl (C=O) groups excluding carboxylic acids is 1. The fraction of sp³-hybridized carbons (Fsp3) is 0.452. The zero-order valence-corrected chi connectivity index (χ0v) is 25.3. The number of anilines is 1. The molecule has 4 aromatic rings. The van der Waals surface area contributed by atoms with Crippen LogP contribution in [0.4, 0.5) is 36.4 Å². The van der Waals surface area contributed by atoms with Crippen LogP contribution in [0.25, 0.3) is 5.65 Å². The van der Waals surface area contributed by atoms with Gasteiger partial charge in [0, 0.05) is 74.3 Å². The minimum atomic E-state index is -4.71.